The highest BCUT2D eigenvalue weighted by atomic mass is 16.8. The number of aldehydes is 1. The molecule has 3 unspecified atom stereocenters. The average molecular weight is 1270 g/mol. The summed E-state index contributed by atoms with van der Waals surface area (Å²) in [6.07, 6.45) is -32.9. The molecular formula is C61H92O28. The van der Waals surface area contributed by atoms with Crippen LogP contribution in [0.3, 0.4) is 0 Å². The lowest BCUT2D eigenvalue weighted by atomic mass is 9.33. The average Bonchev–Trinajstić information content (AvgIpc) is 0.670. The van der Waals surface area contributed by atoms with Crippen LogP contribution in [0.1, 0.15) is 114 Å². The van der Waals surface area contributed by atoms with Gasteiger partial charge in [-0.3, -0.25) is 9.59 Å². The molecule has 4 heterocycles. The highest BCUT2D eigenvalue weighted by molar-refractivity contribution is 5.87. The van der Waals surface area contributed by atoms with E-state index in [9.17, 15) is 85.3 Å². The Hall–Kier alpha value is -3.73. The molecular weight excluding hydrogens is 1180 g/mol. The minimum atomic E-state index is -2.29. The third-order valence-corrected chi connectivity index (χ3v) is 22.5. The fraction of sp³-hybridized carbons (Fsp3) is 0.852. The molecule has 0 aromatic rings. The maximum Gasteiger partial charge on any atom is 0.335 e. The molecule has 0 aromatic heterocycles. The Labute approximate surface area is 515 Å². The molecule has 0 amide bonds. The van der Waals surface area contributed by atoms with Gasteiger partial charge in [0, 0.05) is 24.8 Å². The number of allylic oxidation sites excluding steroid dienone is 3. The molecule has 5 aliphatic carbocycles. The third-order valence-electron chi connectivity index (χ3n) is 22.5. The third kappa shape index (κ3) is 11.9. The Morgan fingerprint density at radius 1 is 0.652 bits per heavy atom. The number of aliphatic carboxylic acids is 1. The number of hydrogen-bond acceptors (Lipinski definition) is 27. The van der Waals surface area contributed by atoms with Gasteiger partial charge in [-0.15, -0.1) is 0 Å². The topological polar surface area (TPSA) is 430 Å². The smallest absolute Gasteiger partial charge is 0.335 e. The van der Waals surface area contributed by atoms with Crippen molar-refractivity contribution in [3.63, 3.8) is 0 Å². The normalized spacial score (nSPS) is 49.7. The highest BCUT2D eigenvalue weighted by Gasteiger charge is 2.75. The summed E-state index contributed by atoms with van der Waals surface area (Å²) in [4.78, 5) is 67.1. The summed E-state index contributed by atoms with van der Waals surface area (Å²) in [7, 11) is 0. The van der Waals surface area contributed by atoms with Crippen LogP contribution in [0.2, 0.25) is 0 Å². The second-order valence-corrected chi connectivity index (χ2v) is 27.9. The van der Waals surface area contributed by atoms with Crippen LogP contribution in [-0.4, -0.2) is 253 Å². The predicted octanol–water partition coefficient (Wildman–Crippen LogP) is -1.44. The van der Waals surface area contributed by atoms with E-state index in [1.165, 1.54) is 13.8 Å². The van der Waals surface area contributed by atoms with Crippen molar-refractivity contribution in [3.05, 3.63) is 23.3 Å². The number of aliphatic hydroxyl groups is 11. The number of rotatable bonds is 16. The zero-order chi connectivity index (χ0) is 65.6. The van der Waals surface area contributed by atoms with Crippen LogP contribution in [0, 0.1) is 50.2 Å². The van der Waals surface area contributed by atoms with E-state index >= 15 is 0 Å². The zero-order valence-electron chi connectivity index (χ0n) is 51.8. The largest absolute Gasteiger partial charge is 0.479 e. The van der Waals surface area contributed by atoms with Gasteiger partial charge >= 0.3 is 23.9 Å². The number of carboxylic acid groups (broad SMARTS) is 1. The highest BCUT2D eigenvalue weighted by Crippen LogP contribution is 2.76. The molecule has 30 atom stereocenters. The van der Waals surface area contributed by atoms with E-state index in [1.807, 2.05) is 13.8 Å². The molecule has 0 radical (unpaired) electrons. The summed E-state index contributed by atoms with van der Waals surface area (Å²) in [6.45, 7) is 15.3. The van der Waals surface area contributed by atoms with Crippen molar-refractivity contribution in [1.29, 1.82) is 0 Å². The van der Waals surface area contributed by atoms with E-state index in [2.05, 4.69) is 26.8 Å². The first kappa shape index (κ1) is 69.6. The van der Waals surface area contributed by atoms with E-state index in [1.54, 1.807) is 26.8 Å². The number of carboxylic acids is 1. The van der Waals surface area contributed by atoms with Crippen LogP contribution in [0.5, 0.6) is 0 Å². The van der Waals surface area contributed by atoms with Crippen LogP contribution >= 0.6 is 0 Å². The van der Waals surface area contributed by atoms with Gasteiger partial charge in [0.15, 0.2) is 31.3 Å². The van der Waals surface area contributed by atoms with E-state index < -0.39 is 223 Å². The minimum absolute atomic E-state index is 0.0912. The summed E-state index contributed by atoms with van der Waals surface area (Å²) in [5.41, 5.74) is -4.65. The van der Waals surface area contributed by atoms with Crippen LogP contribution in [-0.2, 0) is 76.1 Å². The molecule has 8 fully saturated rings. The van der Waals surface area contributed by atoms with Crippen molar-refractivity contribution in [2.24, 2.45) is 50.2 Å². The lowest BCUT2D eigenvalue weighted by Crippen LogP contribution is -2.72. The van der Waals surface area contributed by atoms with E-state index in [4.69, 9.17) is 52.1 Å². The SMILES string of the molecule is C/C=C(/C)C(=O)O[C@H]1[C@H](O)[C@@]2(COC(C)=O)C(CC1(C)C)C1=CCC3[C@@]4(C)CC[C@H](O[C@@H]5O[C@H](C(=O)O)[C@@H](O)[C@H](O[C@@H]6OC[C@H](O)[C@H](O)[C@H]6O[C@@H]6OC[C@@H](O)[C@H](O)[C@H]6O)[C@H]5O[C@@H]5O[C@H](CO)[C@H](O)[C@H](O)[C@H]5O)[C@@](C)(C=O)C4CC[C@@]3(C)[C@]1(C)C[C@H]2OC(C)=O. The summed E-state index contributed by atoms with van der Waals surface area (Å²) >= 11 is 0. The van der Waals surface area contributed by atoms with Gasteiger partial charge < -0.3 is 118 Å². The molecule has 89 heavy (non-hydrogen) atoms. The molecule has 0 aromatic carbocycles. The van der Waals surface area contributed by atoms with Gasteiger partial charge in [-0.25, -0.2) is 9.59 Å². The first-order valence-electron chi connectivity index (χ1n) is 30.7. The number of aliphatic hydroxyl groups excluding tert-OH is 11. The van der Waals surface area contributed by atoms with Crippen molar-refractivity contribution >= 4 is 30.2 Å². The fourth-order valence-corrected chi connectivity index (χ4v) is 17.2. The molecule has 4 aliphatic heterocycles. The van der Waals surface area contributed by atoms with Gasteiger partial charge in [0.25, 0.3) is 0 Å². The van der Waals surface area contributed by atoms with Gasteiger partial charge in [0.05, 0.1) is 36.8 Å². The molecule has 9 rings (SSSR count). The van der Waals surface area contributed by atoms with Crippen LogP contribution in [0.15, 0.2) is 23.3 Å². The summed E-state index contributed by atoms with van der Waals surface area (Å²) in [5, 5.41) is 132. The Morgan fingerprint density at radius 2 is 1.28 bits per heavy atom. The first-order chi connectivity index (χ1) is 41.6. The molecule has 0 bridgehead atoms. The van der Waals surface area contributed by atoms with Crippen LogP contribution < -0.4 is 0 Å². The summed E-state index contributed by atoms with van der Waals surface area (Å²) in [6, 6.07) is 0. The Balaban J connectivity index is 1.07. The number of carbonyl (C=O) groups is 5. The number of hydrogen-bond donors (Lipinski definition) is 12. The van der Waals surface area contributed by atoms with Gasteiger partial charge in [0.2, 0.25) is 0 Å². The van der Waals surface area contributed by atoms with Crippen LogP contribution in [0.25, 0.3) is 0 Å². The lowest BCUT2D eigenvalue weighted by Gasteiger charge is -2.72. The Morgan fingerprint density at radius 3 is 1.90 bits per heavy atom. The molecule has 9 aliphatic rings. The molecule has 4 saturated heterocycles. The number of carbonyl (C=O) groups excluding carboxylic acids is 4. The maximum atomic E-state index is 14.3. The van der Waals surface area contributed by atoms with E-state index in [-0.39, 0.29) is 25.4 Å². The second kappa shape index (κ2) is 25.9. The molecule has 4 saturated carbocycles. The predicted molar refractivity (Wildman–Crippen MR) is 298 cm³/mol. The van der Waals surface area contributed by atoms with Gasteiger partial charge in [-0.05, 0) is 92.8 Å². The zero-order valence-corrected chi connectivity index (χ0v) is 51.8. The van der Waals surface area contributed by atoms with Gasteiger partial charge in [-0.2, -0.15) is 0 Å². The summed E-state index contributed by atoms with van der Waals surface area (Å²) < 4.78 is 66.6. The Kier molecular flexibility index (Phi) is 20.2. The first-order valence-corrected chi connectivity index (χ1v) is 30.7. The molecule has 28 heteroatoms. The van der Waals surface area contributed by atoms with E-state index in [0.717, 1.165) is 11.9 Å². The van der Waals surface area contributed by atoms with Gasteiger partial charge in [0.1, 0.15) is 111 Å². The van der Waals surface area contributed by atoms with Crippen molar-refractivity contribution in [2.75, 3.05) is 26.4 Å². The minimum Gasteiger partial charge on any atom is -0.479 e. The Bertz CT molecular complexity index is 2670. The summed E-state index contributed by atoms with van der Waals surface area (Å²) in [5.74, 6) is -4.97. The van der Waals surface area contributed by atoms with Crippen molar-refractivity contribution in [2.45, 2.75) is 249 Å². The van der Waals surface area contributed by atoms with Crippen molar-refractivity contribution < 1.29 is 137 Å². The van der Waals surface area contributed by atoms with Crippen LogP contribution in [0.4, 0.5) is 0 Å². The second-order valence-electron chi connectivity index (χ2n) is 27.9. The number of ether oxygens (including phenoxy) is 11. The fourth-order valence-electron chi connectivity index (χ4n) is 17.2. The quantitative estimate of drug-likeness (QED) is 0.0210. The monoisotopic (exact) mass is 1270 g/mol. The number of fused-ring (bicyclic) bond motifs is 7. The standard InChI is InChI=1S/C61H92O28/c1-11-25(2)51(78)89-49-48(75)61(24-81-26(3)64)29(18-56(49,5)6)28-12-13-34-57(7)16-15-35(58(8,23-63)33(57)14-17-59(34,9)60(28,10)19-36(61)82-27(4)65)84-55-47(88-53-42(73)40(71)39(70)32(20-62)83-53)44(43(74)45(86-55)50(76)77)85-54-46(38(69)31(67)22-80-54)87-52-41(72)37(68)30(66)21-79-52/h11-12,23,29-49,52-55,62,66-75H,13-22,24H2,1-10H3,(H,76,77)/b25-11-/t29?,30-,31+,32-,33?,34?,35+,36-,37+,38+,39+,40+,41-,42-,43+,44+,45+,46-,47-,48+,49+,52+,53+,54+,55-,57+,58+,59-,60-,61+/m1/s1. The van der Waals surface area contributed by atoms with Crippen molar-refractivity contribution in [3.8, 4) is 0 Å². The number of esters is 3. The van der Waals surface area contributed by atoms with Gasteiger partial charge in [-0.1, -0.05) is 59.3 Å². The molecule has 12 N–H and O–H groups in total. The lowest BCUT2D eigenvalue weighted by molar-refractivity contribution is -0.398. The van der Waals surface area contributed by atoms with E-state index in [0.29, 0.717) is 37.7 Å². The maximum absolute atomic E-state index is 14.3. The van der Waals surface area contributed by atoms with Crippen molar-refractivity contribution in [1.82, 2.24) is 0 Å². The molecule has 0 spiro atoms. The molecule has 28 nitrogen and oxygen atoms in total. The molecule has 504 valence electrons.